The van der Waals surface area contributed by atoms with Gasteiger partial charge in [0.05, 0.1) is 31.9 Å². The molecule has 17 amide bonds. The first kappa shape index (κ1) is 113. The molecule has 1 aliphatic heterocycles. The molecule has 0 spiro atoms. The lowest BCUT2D eigenvalue weighted by Gasteiger charge is -2.32. The van der Waals surface area contributed by atoms with Gasteiger partial charge >= 0.3 is 5.97 Å². The van der Waals surface area contributed by atoms with Crippen LogP contribution >= 0.6 is 0 Å². The second-order valence-electron chi connectivity index (χ2n) is 36.5. The number of carbonyl (C=O) groups excluding carboxylic acids is 17. The molecule has 49 heteroatoms. The van der Waals surface area contributed by atoms with Crippen molar-refractivity contribution >= 4 is 124 Å². The summed E-state index contributed by atoms with van der Waals surface area (Å²) in [5.41, 5.74) is 31.9. The SMILES string of the molecule is CC(C)C[C@H](NC(=O)[C@H](CC(N)=O)NC(=O)[C@H](CC1CCCCC1)NC(=O)[C@H](CC1CCCCC1)NC(=O)[C@H](Cc1cnc[nH]1)NC(=O)[C@H](CCCNC(=N)N)NC(=O)[C@H]1CCCN1C(=O)[C@H](CO)NC(=O)CCC(=O)O)C(=O)NC(C)(C)C(=O)N[C@H](C(=O)N[C@@H](CCCNC(=N)N)C(=O)N[C@@H](CCC(N)=O)C(=O)N[C@@H](CCCNC(=N)N)C(=O)N[C@@H](CC1CCCCC1)C(N)=O)[C@@H](C)O. The topological polar surface area (TPSA) is 820 Å². The summed E-state index contributed by atoms with van der Waals surface area (Å²) < 4.78 is 0. The molecule has 3 aliphatic carbocycles. The van der Waals surface area contributed by atoms with Crippen LogP contribution in [-0.4, -0.2) is 277 Å². The Labute approximate surface area is 784 Å². The van der Waals surface area contributed by atoms with Crippen LogP contribution in [0.25, 0.3) is 0 Å². The Bertz CT molecular complexity index is 4200. The fourth-order valence-electron chi connectivity index (χ4n) is 16.9. The predicted molar refractivity (Wildman–Crippen MR) is 490 cm³/mol. The molecule has 135 heavy (non-hydrogen) atoms. The third-order valence-corrected chi connectivity index (χ3v) is 24.2. The van der Waals surface area contributed by atoms with Crippen LogP contribution in [0.1, 0.15) is 246 Å². The van der Waals surface area contributed by atoms with E-state index in [1.54, 1.807) is 13.8 Å². The number of rotatable bonds is 59. The first-order valence-electron chi connectivity index (χ1n) is 46.7. The molecule has 0 radical (unpaired) electrons. The van der Waals surface area contributed by atoms with Crippen LogP contribution in [0.3, 0.4) is 0 Å². The van der Waals surface area contributed by atoms with E-state index in [9.17, 15) is 82.1 Å². The molecule has 2 heterocycles. The van der Waals surface area contributed by atoms with Crippen molar-refractivity contribution in [2.24, 2.45) is 58.1 Å². The number of amides is 17. The molecule has 5 rings (SSSR count). The van der Waals surface area contributed by atoms with Crippen molar-refractivity contribution in [3.8, 4) is 0 Å². The molecule has 0 bridgehead atoms. The van der Waals surface area contributed by atoms with Crippen molar-refractivity contribution in [2.75, 3.05) is 32.8 Å². The Hall–Kier alpha value is -12.6. The first-order chi connectivity index (χ1) is 63.8. The average Bonchev–Trinajstić information content (AvgIpc) is 1.72. The summed E-state index contributed by atoms with van der Waals surface area (Å²) in [7, 11) is 0. The number of aliphatic hydroxyl groups excluding tert-OH is 2. The van der Waals surface area contributed by atoms with Gasteiger partial charge in [0.25, 0.3) is 0 Å². The highest BCUT2D eigenvalue weighted by Gasteiger charge is 2.44. The third-order valence-electron chi connectivity index (χ3n) is 24.2. The lowest BCUT2D eigenvalue weighted by Crippen LogP contribution is -2.65. The second-order valence-corrected chi connectivity index (χ2v) is 36.5. The number of imidazole rings is 1. The second kappa shape index (κ2) is 57.9. The molecule has 1 saturated heterocycles. The zero-order chi connectivity index (χ0) is 100. The minimum atomic E-state index is -2.06. The Morgan fingerprint density at radius 2 is 0.867 bits per heavy atom. The van der Waals surface area contributed by atoms with E-state index >= 15 is 14.4 Å². The monoisotopic (exact) mass is 1910 g/mol. The van der Waals surface area contributed by atoms with E-state index in [4.69, 9.17) is 55.7 Å². The number of hydrogen-bond acceptors (Lipinski definition) is 24. The first-order valence-corrected chi connectivity index (χ1v) is 46.7. The normalized spacial score (nSPS) is 17.7. The number of guanidine groups is 3. The van der Waals surface area contributed by atoms with Crippen LogP contribution in [0.2, 0.25) is 0 Å². The molecule has 0 unspecified atom stereocenters. The summed E-state index contributed by atoms with van der Waals surface area (Å²) in [6.07, 6.45) is 9.73. The molecular formula is C86H146N28O21. The number of primary amides is 3. The lowest BCUT2D eigenvalue weighted by molar-refractivity contribution is -0.143. The molecule has 756 valence electrons. The quantitative estimate of drug-likeness (QED) is 0.0164. The molecule has 49 nitrogen and oxygen atoms in total. The van der Waals surface area contributed by atoms with Crippen molar-refractivity contribution in [1.29, 1.82) is 16.2 Å². The zero-order valence-electron chi connectivity index (χ0n) is 78.0. The maximum absolute atomic E-state index is 15.3. The molecular weight excluding hydrogens is 1760 g/mol. The summed E-state index contributed by atoms with van der Waals surface area (Å²) in [5, 5.41) is 95.0. The fraction of sp³-hybridized carbons (Fsp3) is 0.721. The van der Waals surface area contributed by atoms with Gasteiger partial charge < -0.3 is 145 Å². The third kappa shape index (κ3) is 41.4. The van der Waals surface area contributed by atoms with Crippen LogP contribution in [0.15, 0.2) is 12.5 Å². The van der Waals surface area contributed by atoms with E-state index in [-0.39, 0.29) is 133 Å². The van der Waals surface area contributed by atoms with E-state index in [0.717, 1.165) is 82.5 Å². The minimum absolute atomic E-state index is 0.00642. The maximum atomic E-state index is 15.3. The molecule has 35 N–H and O–H groups in total. The van der Waals surface area contributed by atoms with Gasteiger partial charge in [0.15, 0.2) is 17.9 Å². The van der Waals surface area contributed by atoms with Crippen molar-refractivity contribution in [3.05, 3.63) is 18.2 Å². The molecule has 0 aromatic carbocycles. The number of carboxylic acid groups (broad SMARTS) is 1. The number of carbonyl (C=O) groups is 18. The van der Waals surface area contributed by atoms with Gasteiger partial charge in [0.2, 0.25) is 100 Å². The van der Waals surface area contributed by atoms with Crippen LogP contribution in [-0.2, 0) is 92.7 Å². The summed E-state index contributed by atoms with van der Waals surface area (Å²) in [6, 6.07) is -19.9. The standard InChI is InChI=1S/C86H146N28O21/c1-46(2)37-57(78(131)113-86(4,5)82(135)112-68(47(3)116)80(133)105-54(27-17-35-99-85(94)95)70(123)103-55(29-30-64(87)117)73(126)102-52(25-15-33-97-83(90)91)71(124)106-56(69(89)122)38-48-19-9-6-10-20-48)107-77(130)61(42-65(88)118)111-75(128)59(40-50-23-13-8-14-24-50)108-74(127)58(39-49-21-11-7-12-22-49)109-76(129)60(41-51-43-96-45-100-51)110-72(125)53(26-16-34-98-84(92)93)104-79(132)63-28-18-36-114(63)81(134)62(44-115)101-66(119)31-32-67(120)121/h43,45-50,52-63,68,115-116H,6-42,44H2,1-5H3,(H2,87,117)(H2,88,118)(H2,89,122)(H,96,100)(H,101,119)(H,102,126)(H,103,123)(H,104,132)(H,105,133)(H,106,124)(H,107,130)(H,108,127)(H,109,129)(H,110,125)(H,111,128)(H,112,135)(H,113,131)(H,120,121)(H4,90,91,97)(H4,92,93,98)(H4,94,95,99)/t47-,52+,53+,54+,55+,56+,57+,58+,59+,60+,61+,62+,63-,68+/m1/s1. The maximum Gasteiger partial charge on any atom is 0.303 e. The molecule has 14 atom stereocenters. The summed E-state index contributed by atoms with van der Waals surface area (Å²) in [6.45, 7) is 6.06. The highest BCUT2D eigenvalue weighted by Crippen LogP contribution is 2.31. The molecule has 4 fully saturated rings. The smallest absolute Gasteiger partial charge is 0.303 e. The molecule has 1 aromatic rings. The molecule has 3 saturated carbocycles. The Morgan fingerprint density at radius 1 is 0.459 bits per heavy atom. The van der Waals surface area contributed by atoms with E-state index < -0.39 is 253 Å². The van der Waals surface area contributed by atoms with Gasteiger partial charge in [-0.05, 0) is 128 Å². The summed E-state index contributed by atoms with van der Waals surface area (Å²) in [5.74, 6) is -19.5. The van der Waals surface area contributed by atoms with Crippen LogP contribution in [0.5, 0.6) is 0 Å². The van der Waals surface area contributed by atoms with Gasteiger partial charge in [0, 0.05) is 57.3 Å². The predicted octanol–water partition coefficient (Wildman–Crippen LogP) is -5.73. The number of hydrogen-bond donors (Lipinski definition) is 29. The minimum Gasteiger partial charge on any atom is -0.481 e. The van der Waals surface area contributed by atoms with Crippen LogP contribution in [0, 0.1) is 39.9 Å². The number of likely N-dealkylation sites (tertiary alicyclic amines) is 1. The summed E-state index contributed by atoms with van der Waals surface area (Å²) in [4.78, 5) is 260. The largest absolute Gasteiger partial charge is 0.481 e. The van der Waals surface area contributed by atoms with Gasteiger partial charge in [-0.3, -0.25) is 103 Å². The number of carboxylic acids is 1. The van der Waals surface area contributed by atoms with Crippen molar-refractivity contribution in [2.45, 2.75) is 337 Å². The number of nitrogens with one attached hydrogen (secondary N) is 20. The van der Waals surface area contributed by atoms with Crippen LogP contribution < -0.4 is 119 Å². The van der Waals surface area contributed by atoms with Gasteiger partial charge in [-0.2, -0.15) is 0 Å². The number of aliphatic hydroxyl groups is 2. The van der Waals surface area contributed by atoms with Gasteiger partial charge in [0.1, 0.15) is 84.1 Å². The van der Waals surface area contributed by atoms with Gasteiger partial charge in [-0.25, -0.2) is 4.98 Å². The Kier molecular flexibility index (Phi) is 48.4. The average molecular weight is 1910 g/mol. The van der Waals surface area contributed by atoms with Gasteiger partial charge in [-0.15, -0.1) is 0 Å². The zero-order valence-corrected chi connectivity index (χ0v) is 78.0. The van der Waals surface area contributed by atoms with Crippen molar-refractivity contribution < 1.29 is 102 Å². The highest BCUT2D eigenvalue weighted by atomic mass is 16.4. The van der Waals surface area contributed by atoms with Crippen LogP contribution in [0.4, 0.5) is 0 Å². The Morgan fingerprint density at radius 3 is 1.29 bits per heavy atom. The highest BCUT2D eigenvalue weighted by molar-refractivity contribution is 6.02. The van der Waals surface area contributed by atoms with Gasteiger partial charge in [-0.1, -0.05) is 110 Å². The molecule has 4 aliphatic rings. The number of nitrogens with zero attached hydrogens (tertiary/aromatic N) is 2. The number of aromatic amines is 1. The number of aromatic nitrogens is 2. The number of H-pyrrole nitrogens is 1. The Balaban J connectivity index is 1.39. The van der Waals surface area contributed by atoms with E-state index in [0.29, 0.717) is 31.4 Å². The van der Waals surface area contributed by atoms with E-state index in [1.165, 1.54) is 26.4 Å². The lowest BCUT2D eigenvalue weighted by atomic mass is 9.83. The number of aliphatic carboxylic acids is 1. The van der Waals surface area contributed by atoms with Crippen molar-refractivity contribution in [3.63, 3.8) is 0 Å². The van der Waals surface area contributed by atoms with Crippen molar-refractivity contribution in [1.82, 2.24) is 99.9 Å². The number of nitrogens with two attached hydrogens (primary N) is 6. The fourth-order valence-corrected chi connectivity index (χ4v) is 16.9. The van der Waals surface area contributed by atoms with E-state index in [2.05, 4.69) is 95.0 Å². The van der Waals surface area contributed by atoms with E-state index in [1.807, 2.05) is 0 Å². The molecule has 1 aromatic heterocycles. The summed E-state index contributed by atoms with van der Waals surface area (Å²) >= 11 is 0.